The first-order valence-corrected chi connectivity index (χ1v) is 23.0. The highest BCUT2D eigenvalue weighted by molar-refractivity contribution is 5.84. The zero-order chi connectivity index (χ0) is 43.7. The molecule has 0 aromatic rings. The Morgan fingerprint density at radius 2 is 1.58 bits per heavy atom. The lowest BCUT2D eigenvalue weighted by molar-refractivity contribution is -0.397. The molecule has 5 aliphatic heterocycles. The third kappa shape index (κ3) is 9.61. The normalized spacial score (nSPS) is 42.5. The maximum absolute atomic E-state index is 14.6. The van der Waals surface area contributed by atoms with Gasteiger partial charge in [-0.3, -0.25) is 9.59 Å². The molecule has 0 aliphatic carbocycles. The van der Waals surface area contributed by atoms with Crippen LogP contribution in [0.3, 0.4) is 0 Å². The van der Waals surface area contributed by atoms with Crippen molar-refractivity contribution in [2.45, 2.75) is 212 Å². The summed E-state index contributed by atoms with van der Waals surface area (Å²) < 4.78 is 34.4. The highest BCUT2D eigenvalue weighted by atomic mass is 16.8. The summed E-state index contributed by atoms with van der Waals surface area (Å²) >= 11 is 0. The van der Waals surface area contributed by atoms with Crippen molar-refractivity contribution in [1.29, 1.82) is 0 Å². The molecule has 13 nitrogen and oxygen atoms in total. The molecule has 0 bridgehead atoms. The summed E-state index contributed by atoms with van der Waals surface area (Å²) in [6.45, 7) is 22.2. The largest absolute Gasteiger partial charge is 0.481 e. The molecule has 0 unspecified atom stereocenters. The van der Waals surface area contributed by atoms with Crippen molar-refractivity contribution in [3.8, 4) is 0 Å². The van der Waals surface area contributed by atoms with Crippen LogP contribution >= 0.6 is 0 Å². The van der Waals surface area contributed by atoms with Crippen molar-refractivity contribution >= 4 is 17.8 Å². The summed E-state index contributed by atoms with van der Waals surface area (Å²) in [5.74, 6) is -5.90. The summed E-state index contributed by atoms with van der Waals surface area (Å²) in [6, 6.07) is -0.979. The van der Waals surface area contributed by atoms with Crippen LogP contribution in [0, 0.1) is 41.4 Å². The van der Waals surface area contributed by atoms with Gasteiger partial charge in [0, 0.05) is 36.6 Å². The minimum Gasteiger partial charge on any atom is -0.481 e. The third-order valence-electron chi connectivity index (χ3n) is 15.3. The van der Waals surface area contributed by atoms with Crippen LogP contribution in [0.15, 0.2) is 12.2 Å². The van der Waals surface area contributed by atoms with Gasteiger partial charge in [-0.25, -0.2) is 4.79 Å². The van der Waals surface area contributed by atoms with Gasteiger partial charge in [-0.05, 0) is 96.0 Å². The fraction of sp³-hybridized carbons (Fsp3) is 0.891. The maximum atomic E-state index is 14.6. The van der Waals surface area contributed by atoms with Gasteiger partial charge in [0.2, 0.25) is 0 Å². The van der Waals surface area contributed by atoms with Gasteiger partial charge in [-0.2, -0.15) is 0 Å². The molecule has 18 atom stereocenters. The number of aliphatic hydroxyl groups excluding tert-OH is 1. The summed E-state index contributed by atoms with van der Waals surface area (Å²) in [6.07, 6.45) is 7.44. The van der Waals surface area contributed by atoms with Crippen molar-refractivity contribution < 1.29 is 53.4 Å². The molecule has 0 aromatic heterocycles. The summed E-state index contributed by atoms with van der Waals surface area (Å²) in [5, 5.41) is 38.9. The lowest BCUT2D eigenvalue weighted by Crippen LogP contribution is -2.66. The van der Waals surface area contributed by atoms with Gasteiger partial charge in [-0.15, -0.1) is 0 Å². The van der Waals surface area contributed by atoms with E-state index < -0.39 is 76.8 Å². The Bertz CT molecular complexity index is 1500. The van der Waals surface area contributed by atoms with Crippen LogP contribution in [0.4, 0.5) is 4.79 Å². The van der Waals surface area contributed by atoms with Gasteiger partial charge in [0.15, 0.2) is 11.6 Å². The number of carboxylic acid groups (broad SMARTS) is 1. The number of carbonyl (C=O) groups is 3. The highest BCUT2D eigenvalue weighted by Crippen LogP contribution is 2.54. The van der Waals surface area contributed by atoms with Gasteiger partial charge < -0.3 is 49.6 Å². The second-order valence-corrected chi connectivity index (χ2v) is 19.3. The van der Waals surface area contributed by atoms with Crippen molar-refractivity contribution in [3.63, 3.8) is 0 Å². The second kappa shape index (κ2) is 19.1. The second-order valence-electron chi connectivity index (χ2n) is 19.3. The maximum Gasteiger partial charge on any atom is 0.315 e. The van der Waals surface area contributed by atoms with Crippen LogP contribution in [0.1, 0.15) is 147 Å². The third-order valence-corrected chi connectivity index (χ3v) is 15.3. The quantitative estimate of drug-likeness (QED) is 0.108. The SMILES string of the molecule is CCCNC(=O)N[C@@H]1C=C[C@]2(O[C@H]([C@@H](CC)C(=O)[C@@H](C)[C@@H](O)[C@H](C)[C@@H]3O[C@@H]([C@@H](CC)C(=O)O)CC[C@@H]3C)[C@@H](C)C[C@H]2C)O[C@@]12CC[C@@](C)([C@H]1CC[C@](O)(CC)[C@H](C)O1)O2. The predicted molar refractivity (Wildman–Crippen MR) is 223 cm³/mol. The average Bonchev–Trinajstić information content (AvgIpc) is 3.54. The Balaban J connectivity index is 1.38. The number of hydrogen-bond acceptors (Lipinski definition) is 10. The molecule has 2 spiro atoms. The monoisotopic (exact) mass is 835 g/mol. The highest BCUT2D eigenvalue weighted by Gasteiger charge is 2.63. The molecular weight excluding hydrogens is 757 g/mol. The van der Waals surface area contributed by atoms with E-state index in [1.165, 1.54) is 0 Å². The number of nitrogens with one attached hydrogen (secondary N) is 2. The first-order chi connectivity index (χ1) is 27.7. The number of ether oxygens (including phenoxy) is 5. The summed E-state index contributed by atoms with van der Waals surface area (Å²) in [5.41, 5.74) is -1.69. The van der Waals surface area contributed by atoms with E-state index in [-0.39, 0.29) is 47.9 Å². The minimum atomic E-state index is -1.31. The number of aliphatic carboxylic acids is 1. The number of aliphatic hydroxyl groups is 2. The van der Waals surface area contributed by atoms with Crippen LogP contribution in [0.5, 0.6) is 0 Å². The van der Waals surface area contributed by atoms with Crippen LogP contribution in [0.2, 0.25) is 0 Å². The van der Waals surface area contributed by atoms with Crippen molar-refractivity contribution in [1.82, 2.24) is 10.6 Å². The number of rotatable bonds is 15. The summed E-state index contributed by atoms with van der Waals surface area (Å²) in [4.78, 5) is 39.8. The van der Waals surface area contributed by atoms with E-state index in [1.807, 2.05) is 60.6 Å². The van der Waals surface area contributed by atoms with E-state index in [4.69, 9.17) is 23.7 Å². The van der Waals surface area contributed by atoms with E-state index in [0.717, 1.165) is 12.8 Å². The number of ketones is 1. The molecule has 338 valence electrons. The topological polar surface area (TPSA) is 182 Å². The van der Waals surface area contributed by atoms with Crippen LogP contribution in [-0.4, -0.2) is 105 Å². The smallest absolute Gasteiger partial charge is 0.315 e. The van der Waals surface area contributed by atoms with E-state index in [1.54, 1.807) is 6.92 Å². The van der Waals surface area contributed by atoms with Crippen LogP contribution in [-0.2, 0) is 33.3 Å². The van der Waals surface area contributed by atoms with E-state index in [0.29, 0.717) is 64.3 Å². The number of amides is 2. The number of carboxylic acids is 1. The zero-order valence-electron chi connectivity index (χ0n) is 37.8. The average molecular weight is 835 g/mol. The molecule has 4 fully saturated rings. The molecule has 4 saturated heterocycles. The number of Topliss-reactive ketones (excluding diaryl/α,β-unsaturated/α-hetero) is 1. The molecule has 5 N–H and O–H groups in total. The Kier molecular flexibility index (Phi) is 15.5. The number of carbonyl (C=O) groups excluding carboxylic acids is 2. The zero-order valence-corrected chi connectivity index (χ0v) is 37.8. The standard InChI is InChI=1S/C46H78N2O11/c1-12-24-47-42(53)48-35-18-21-45(59-46(35)23-22-43(11,58-46)36-19-20-44(54,15-4)31(10)55-36)28(7)25-27(6)40(57-45)33(14-3)38(50)29(8)37(49)30(9)39-26(5)16-17-34(56-39)32(13-2)41(51)52/h18,21,26-37,39-40,49,54H,12-17,19-20,22-25H2,1-11H3,(H,51,52)(H2,47,48,53)/t26-,27-,28+,29-,30-,31-,32+,33-,34+,35+,36+,37+,39+,40-,43-,44+,45-,46-/m0/s1. The molecular formula is C46H78N2O11. The molecule has 5 aliphatic rings. The molecule has 0 saturated carbocycles. The van der Waals surface area contributed by atoms with Gasteiger partial charge in [0.1, 0.15) is 11.8 Å². The van der Waals surface area contributed by atoms with Crippen molar-refractivity contribution in [2.75, 3.05) is 6.54 Å². The van der Waals surface area contributed by atoms with Crippen molar-refractivity contribution in [3.05, 3.63) is 12.2 Å². The van der Waals surface area contributed by atoms with E-state index >= 15 is 0 Å². The fourth-order valence-electron chi connectivity index (χ4n) is 11.1. The Hall–Kier alpha value is -2.13. The first kappa shape index (κ1) is 47.9. The van der Waals surface area contributed by atoms with Gasteiger partial charge in [0.25, 0.3) is 0 Å². The lowest BCUT2D eigenvalue weighted by atomic mass is 9.72. The van der Waals surface area contributed by atoms with Crippen LogP contribution < -0.4 is 10.6 Å². The minimum absolute atomic E-state index is 0.0106. The fourth-order valence-corrected chi connectivity index (χ4v) is 11.1. The molecule has 2 amide bonds. The molecule has 5 rings (SSSR count). The van der Waals surface area contributed by atoms with Crippen molar-refractivity contribution in [2.24, 2.45) is 41.4 Å². The predicted octanol–water partition coefficient (Wildman–Crippen LogP) is 6.90. The number of hydrogen-bond donors (Lipinski definition) is 5. The molecule has 13 heteroatoms. The Labute approximate surface area is 353 Å². The van der Waals surface area contributed by atoms with Gasteiger partial charge in [-0.1, -0.05) is 68.4 Å². The summed E-state index contributed by atoms with van der Waals surface area (Å²) in [7, 11) is 0. The molecule has 59 heavy (non-hydrogen) atoms. The molecule has 5 heterocycles. The number of urea groups is 1. The first-order valence-electron chi connectivity index (χ1n) is 23.0. The van der Waals surface area contributed by atoms with Gasteiger partial charge >= 0.3 is 12.0 Å². The van der Waals surface area contributed by atoms with Gasteiger partial charge in [0.05, 0.1) is 53.7 Å². The molecule has 0 aromatic carbocycles. The molecule has 0 radical (unpaired) electrons. The van der Waals surface area contributed by atoms with E-state index in [2.05, 4.69) is 31.4 Å². The Morgan fingerprint density at radius 3 is 2.19 bits per heavy atom. The Morgan fingerprint density at radius 1 is 0.881 bits per heavy atom. The lowest BCUT2D eigenvalue weighted by Gasteiger charge is -2.55. The van der Waals surface area contributed by atoms with E-state index in [9.17, 15) is 29.7 Å². The van der Waals surface area contributed by atoms with Crippen LogP contribution in [0.25, 0.3) is 0 Å².